The van der Waals surface area contributed by atoms with E-state index in [1.807, 2.05) is 40.9 Å². The Hall–Kier alpha value is -3.48. The molecule has 1 aromatic carbocycles. The van der Waals surface area contributed by atoms with E-state index >= 15 is 0 Å². The van der Waals surface area contributed by atoms with Gasteiger partial charge in [-0.15, -0.1) is 0 Å². The molecule has 3 heterocycles. The van der Waals surface area contributed by atoms with Crippen LogP contribution in [0.4, 0.5) is 5.82 Å². The monoisotopic (exact) mass is 350 g/mol. The van der Waals surface area contributed by atoms with Crippen LogP contribution in [0.15, 0.2) is 59.6 Å². The fourth-order valence-corrected chi connectivity index (χ4v) is 2.92. The highest BCUT2D eigenvalue weighted by Crippen LogP contribution is 2.38. The minimum absolute atomic E-state index is 0.528. The number of hydrogen-bond donors (Lipinski definition) is 1. The van der Waals surface area contributed by atoms with Gasteiger partial charge in [0.2, 0.25) is 0 Å². The minimum atomic E-state index is 0.528. The first kappa shape index (κ1) is 16.0. The Labute approximate surface area is 150 Å². The number of imidazole rings is 1. The molecule has 0 spiro atoms. The van der Waals surface area contributed by atoms with E-state index in [2.05, 4.69) is 15.3 Å². The first-order valence-electron chi connectivity index (χ1n) is 8.11. The Bertz CT molecular complexity index is 1000. The zero-order valence-electron chi connectivity index (χ0n) is 14.5. The summed E-state index contributed by atoms with van der Waals surface area (Å²) in [6.07, 6.45) is 7.02. The topological polar surface area (TPSA) is 73.8 Å². The molecular weight excluding hydrogens is 332 g/mol. The van der Waals surface area contributed by atoms with Crippen molar-refractivity contribution in [2.45, 2.75) is 6.54 Å². The number of fused-ring (bicyclic) bond motifs is 1. The molecule has 0 radical (unpaired) electrons. The summed E-state index contributed by atoms with van der Waals surface area (Å²) in [5.74, 6) is 2.93. The van der Waals surface area contributed by atoms with Crippen LogP contribution in [0.1, 0.15) is 5.76 Å². The van der Waals surface area contributed by atoms with Crippen LogP contribution in [0, 0.1) is 0 Å². The first-order chi connectivity index (χ1) is 12.8. The molecule has 0 aliphatic carbocycles. The molecule has 0 saturated carbocycles. The third kappa shape index (κ3) is 2.73. The van der Waals surface area contributed by atoms with Gasteiger partial charge < -0.3 is 19.2 Å². The second-order valence-electron chi connectivity index (χ2n) is 5.58. The Morgan fingerprint density at radius 3 is 2.58 bits per heavy atom. The van der Waals surface area contributed by atoms with Gasteiger partial charge in [0.1, 0.15) is 17.3 Å². The van der Waals surface area contributed by atoms with Crippen molar-refractivity contribution in [2.24, 2.45) is 0 Å². The highest BCUT2D eigenvalue weighted by molar-refractivity contribution is 5.78. The minimum Gasteiger partial charge on any atom is -0.496 e. The van der Waals surface area contributed by atoms with E-state index in [-0.39, 0.29) is 0 Å². The average Bonchev–Trinajstić information content (AvgIpc) is 3.35. The Balaban J connectivity index is 1.78. The maximum Gasteiger partial charge on any atom is 0.180 e. The second kappa shape index (κ2) is 6.79. The van der Waals surface area contributed by atoms with Crippen LogP contribution in [0.3, 0.4) is 0 Å². The summed E-state index contributed by atoms with van der Waals surface area (Å²) in [5, 5.41) is 3.26. The van der Waals surface area contributed by atoms with Crippen LogP contribution >= 0.6 is 0 Å². The lowest BCUT2D eigenvalue weighted by atomic mass is 10.1. The Morgan fingerprint density at radius 1 is 1.08 bits per heavy atom. The maximum atomic E-state index is 5.52. The number of ether oxygens (including phenoxy) is 2. The summed E-state index contributed by atoms with van der Waals surface area (Å²) < 4.78 is 18.4. The number of nitrogens with zero attached hydrogens (tertiary/aromatic N) is 3. The van der Waals surface area contributed by atoms with E-state index in [9.17, 15) is 0 Å². The van der Waals surface area contributed by atoms with Gasteiger partial charge in [-0.25, -0.2) is 9.97 Å². The number of anilines is 1. The molecule has 0 bridgehead atoms. The van der Waals surface area contributed by atoms with Crippen molar-refractivity contribution in [2.75, 3.05) is 19.5 Å². The standard InChI is InChI=1S/C19H18N4O3/c1-24-15-6-3-7-16(25-2)17(15)14-12-22-19-18(20-8-9-23(14)19)21-11-13-5-4-10-26-13/h3-10,12H,11H2,1-2H3,(H,20,21). The van der Waals surface area contributed by atoms with Crippen molar-refractivity contribution in [3.8, 4) is 22.8 Å². The van der Waals surface area contributed by atoms with Gasteiger partial charge in [0.25, 0.3) is 0 Å². The molecule has 1 N–H and O–H groups in total. The van der Waals surface area contributed by atoms with E-state index in [1.165, 1.54) is 0 Å². The average molecular weight is 350 g/mol. The van der Waals surface area contributed by atoms with Crippen LogP contribution in [-0.4, -0.2) is 28.6 Å². The highest BCUT2D eigenvalue weighted by Gasteiger charge is 2.18. The molecule has 132 valence electrons. The fraction of sp³-hybridized carbons (Fsp3) is 0.158. The number of rotatable bonds is 6. The summed E-state index contributed by atoms with van der Waals surface area (Å²) in [6, 6.07) is 9.45. The lowest BCUT2D eigenvalue weighted by Crippen LogP contribution is -2.03. The van der Waals surface area contributed by atoms with Crippen LogP contribution in [0.25, 0.3) is 16.9 Å². The Morgan fingerprint density at radius 2 is 1.88 bits per heavy atom. The van der Waals surface area contributed by atoms with Crippen molar-refractivity contribution >= 4 is 11.5 Å². The van der Waals surface area contributed by atoms with E-state index in [0.717, 1.165) is 17.0 Å². The SMILES string of the molecule is COc1cccc(OC)c1-c1cnc2c(NCc3ccco3)nccn12. The predicted octanol–water partition coefficient (Wildman–Crippen LogP) is 3.62. The summed E-state index contributed by atoms with van der Waals surface area (Å²) in [4.78, 5) is 8.94. The quantitative estimate of drug-likeness (QED) is 0.572. The van der Waals surface area contributed by atoms with Crippen molar-refractivity contribution in [3.05, 3.63) is 60.9 Å². The van der Waals surface area contributed by atoms with Crippen LogP contribution in [-0.2, 0) is 6.54 Å². The molecule has 0 fully saturated rings. The van der Waals surface area contributed by atoms with E-state index < -0.39 is 0 Å². The lowest BCUT2D eigenvalue weighted by molar-refractivity contribution is 0.397. The van der Waals surface area contributed by atoms with Crippen LogP contribution < -0.4 is 14.8 Å². The van der Waals surface area contributed by atoms with Gasteiger partial charge in [-0.1, -0.05) is 6.07 Å². The number of furan rings is 1. The van der Waals surface area contributed by atoms with Gasteiger partial charge in [-0.05, 0) is 24.3 Å². The lowest BCUT2D eigenvalue weighted by Gasteiger charge is -2.13. The van der Waals surface area contributed by atoms with Crippen molar-refractivity contribution < 1.29 is 13.9 Å². The molecule has 7 nitrogen and oxygen atoms in total. The normalized spacial score (nSPS) is 10.8. The van der Waals surface area contributed by atoms with Gasteiger partial charge in [0, 0.05) is 12.4 Å². The number of aromatic nitrogens is 3. The number of benzene rings is 1. The van der Waals surface area contributed by atoms with E-state index in [1.54, 1.807) is 32.9 Å². The summed E-state index contributed by atoms with van der Waals surface area (Å²) in [7, 11) is 3.28. The Kier molecular flexibility index (Phi) is 4.18. The zero-order valence-corrected chi connectivity index (χ0v) is 14.5. The van der Waals surface area contributed by atoms with Crippen molar-refractivity contribution in [3.63, 3.8) is 0 Å². The van der Waals surface area contributed by atoms with Gasteiger partial charge in [-0.3, -0.25) is 4.40 Å². The molecule has 7 heteroatoms. The molecular formula is C19H18N4O3. The number of nitrogens with one attached hydrogen (secondary N) is 1. The third-order valence-corrected chi connectivity index (χ3v) is 4.12. The number of methoxy groups -OCH3 is 2. The molecule has 0 unspecified atom stereocenters. The first-order valence-corrected chi connectivity index (χ1v) is 8.11. The van der Waals surface area contributed by atoms with E-state index in [0.29, 0.717) is 29.5 Å². The predicted molar refractivity (Wildman–Crippen MR) is 97.6 cm³/mol. The highest BCUT2D eigenvalue weighted by atomic mass is 16.5. The molecule has 0 amide bonds. The fourth-order valence-electron chi connectivity index (χ4n) is 2.92. The zero-order chi connectivity index (χ0) is 17.9. The summed E-state index contributed by atoms with van der Waals surface area (Å²) in [6.45, 7) is 0.528. The van der Waals surface area contributed by atoms with Crippen molar-refractivity contribution in [1.82, 2.24) is 14.4 Å². The largest absolute Gasteiger partial charge is 0.496 e. The summed E-state index contributed by atoms with van der Waals surface area (Å²) >= 11 is 0. The third-order valence-electron chi connectivity index (χ3n) is 4.12. The molecule has 4 rings (SSSR count). The van der Waals surface area contributed by atoms with Gasteiger partial charge in [0.15, 0.2) is 11.5 Å². The molecule has 0 aliphatic heterocycles. The smallest absolute Gasteiger partial charge is 0.180 e. The molecule has 26 heavy (non-hydrogen) atoms. The van der Waals surface area contributed by atoms with Crippen molar-refractivity contribution in [1.29, 1.82) is 0 Å². The van der Waals surface area contributed by atoms with Gasteiger partial charge in [0.05, 0.1) is 44.5 Å². The molecule has 0 aliphatic rings. The van der Waals surface area contributed by atoms with Gasteiger partial charge >= 0.3 is 0 Å². The molecule has 3 aromatic heterocycles. The second-order valence-corrected chi connectivity index (χ2v) is 5.58. The van der Waals surface area contributed by atoms with Crippen LogP contribution in [0.5, 0.6) is 11.5 Å². The summed E-state index contributed by atoms with van der Waals surface area (Å²) in [5.41, 5.74) is 2.41. The molecule has 0 atom stereocenters. The number of hydrogen-bond acceptors (Lipinski definition) is 6. The molecule has 4 aromatic rings. The van der Waals surface area contributed by atoms with Gasteiger partial charge in [-0.2, -0.15) is 0 Å². The van der Waals surface area contributed by atoms with E-state index in [4.69, 9.17) is 13.9 Å². The molecule has 0 saturated heterocycles. The van der Waals surface area contributed by atoms with Crippen LogP contribution in [0.2, 0.25) is 0 Å². The maximum absolute atomic E-state index is 5.52.